The molecular weight excluding hydrogens is 451 g/mol. The first-order chi connectivity index (χ1) is 17.4. The number of aromatic nitrogens is 1. The van der Waals surface area contributed by atoms with E-state index in [-0.39, 0.29) is 23.1 Å². The number of nitrogens with one attached hydrogen (secondary N) is 2. The fraction of sp³-hybridized carbons (Fsp3) is 0.533. The van der Waals surface area contributed by atoms with Gasteiger partial charge in [0.25, 0.3) is 0 Å². The van der Waals surface area contributed by atoms with E-state index in [2.05, 4.69) is 28.2 Å². The van der Waals surface area contributed by atoms with Crippen LogP contribution in [-0.4, -0.2) is 42.0 Å². The minimum atomic E-state index is -0.185. The van der Waals surface area contributed by atoms with Crippen LogP contribution in [0, 0.1) is 11.7 Å². The molecule has 1 aromatic carbocycles. The largest absolute Gasteiger partial charge is 0.388 e. The lowest BCUT2D eigenvalue weighted by atomic mass is 9.76. The van der Waals surface area contributed by atoms with Crippen LogP contribution in [-0.2, 0) is 10.2 Å². The third-order valence-electron chi connectivity index (χ3n) is 7.97. The van der Waals surface area contributed by atoms with Gasteiger partial charge in [0.05, 0.1) is 0 Å². The zero-order valence-corrected chi connectivity index (χ0v) is 21.9. The van der Waals surface area contributed by atoms with Crippen LogP contribution in [0.2, 0.25) is 0 Å². The number of nitrogens with zero attached hydrogens (tertiary/aromatic N) is 2. The van der Waals surface area contributed by atoms with Crippen molar-refractivity contribution < 1.29 is 9.18 Å². The summed E-state index contributed by atoms with van der Waals surface area (Å²) in [5, 5.41) is 6.54. The highest BCUT2D eigenvalue weighted by atomic mass is 19.1. The molecule has 1 saturated carbocycles. The molecule has 1 amide bonds. The Morgan fingerprint density at radius 1 is 1.14 bits per heavy atom. The maximum atomic E-state index is 13.5. The van der Waals surface area contributed by atoms with Crippen LogP contribution < -0.4 is 10.6 Å². The van der Waals surface area contributed by atoms with Crippen molar-refractivity contribution in [2.45, 2.75) is 70.1 Å². The summed E-state index contributed by atoms with van der Waals surface area (Å²) in [6.07, 6.45) is 7.77. The third kappa shape index (κ3) is 6.33. The van der Waals surface area contributed by atoms with Crippen LogP contribution in [0.1, 0.15) is 76.0 Å². The third-order valence-corrected chi connectivity index (χ3v) is 7.97. The second-order valence-electron chi connectivity index (χ2n) is 10.8. The number of pyridine rings is 1. The summed E-state index contributed by atoms with van der Waals surface area (Å²) in [4.78, 5) is 19.3. The molecule has 1 aliphatic heterocycles. The molecule has 2 aromatic rings. The predicted octanol–water partition coefficient (Wildman–Crippen LogP) is 6.00. The average molecular weight is 493 g/mol. The van der Waals surface area contributed by atoms with Crippen molar-refractivity contribution in [3.8, 4) is 0 Å². The minimum Gasteiger partial charge on any atom is -0.388 e. The highest BCUT2D eigenvalue weighted by Crippen LogP contribution is 2.45. The summed E-state index contributed by atoms with van der Waals surface area (Å²) >= 11 is 0. The molecular formula is C30H41FN4O. The molecule has 2 aliphatic rings. The number of piperidine rings is 1. The van der Waals surface area contributed by atoms with Gasteiger partial charge in [0, 0.05) is 35.2 Å². The molecule has 0 atom stereocenters. The van der Waals surface area contributed by atoms with Gasteiger partial charge in [-0.3, -0.25) is 4.79 Å². The molecule has 2 N–H and O–H groups in total. The number of hydrogen-bond acceptors (Lipinski definition) is 4. The molecule has 5 nitrogen and oxygen atoms in total. The Morgan fingerprint density at radius 2 is 1.83 bits per heavy atom. The number of hydrogen-bond donors (Lipinski definition) is 2. The van der Waals surface area contributed by atoms with E-state index in [1.807, 2.05) is 38.1 Å². The smallest absolute Gasteiger partial charge is 0.228 e. The van der Waals surface area contributed by atoms with E-state index in [9.17, 15) is 9.18 Å². The van der Waals surface area contributed by atoms with Crippen LogP contribution >= 0.6 is 0 Å². The summed E-state index contributed by atoms with van der Waals surface area (Å²) in [7, 11) is 0. The van der Waals surface area contributed by atoms with Crippen molar-refractivity contribution in [3.05, 3.63) is 71.8 Å². The molecule has 1 aliphatic carbocycles. The van der Waals surface area contributed by atoms with E-state index in [1.165, 1.54) is 18.4 Å². The first-order valence-corrected chi connectivity index (χ1v) is 13.6. The highest BCUT2D eigenvalue weighted by Gasteiger charge is 2.38. The fourth-order valence-corrected chi connectivity index (χ4v) is 5.69. The highest BCUT2D eigenvalue weighted by molar-refractivity contribution is 5.91. The minimum absolute atomic E-state index is 0.00211. The number of halogens is 1. The molecule has 6 heteroatoms. The van der Waals surface area contributed by atoms with E-state index in [4.69, 9.17) is 4.98 Å². The molecule has 4 rings (SSSR count). The topological polar surface area (TPSA) is 57.3 Å². The SMILES string of the molecule is C=C(NCCCN1CCC(c2cccc(NC(=O)C(C)C)n2)CC1)C1(c2ccc(F)cc2)CCCC1. The number of rotatable bonds is 10. The van der Waals surface area contributed by atoms with E-state index in [0.29, 0.717) is 11.7 Å². The molecule has 1 aromatic heterocycles. The number of amides is 1. The maximum absolute atomic E-state index is 13.5. The van der Waals surface area contributed by atoms with Crippen molar-refractivity contribution in [1.29, 1.82) is 0 Å². The van der Waals surface area contributed by atoms with Crippen molar-refractivity contribution >= 4 is 11.7 Å². The summed E-state index contributed by atoms with van der Waals surface area (Å²) in [6.45, 7) is 12.3. The number of anilines is 1. The van der Waals surface area contributed by atoms with Crippen LogP contribution in [0.3, 0.4) is 0 Å². The molecule has 2 fully saturated rings. The zero-order chi connectivity index (χ0) is 25.5. The molecule has 0 radical (unpaired) electrons. The first kappa shape index (κ1) is 26.3. The summed E-state index contributed by atoms with van der Waals surface area (Å²) < 4.78 is 13.5. The van der Waals surface area contributed by atoms with Crippen LogP contribution in [0.5, 0.6) is 0 Å². The van der Waals surface area contributed by atoms with Crippen molar-refractivity contribution in [1.82, 2.24) is 15.2 Å². The number of likely N-dealkylation sites (tertiary alicyclic amines) is 1. The lowest BCUT2D eigenvalue weighted by Gasteiger charge is -2.34. The van der Waals surface area contributed by atoms with Crippen LogP contribution in [0.25, 0.3) is 0 Å². The average Bonchev–Trinajstić information content (AvgIpc) is 3.39. The molecule has 0 unspecified atom stereocenters. The Hall–Kier alpha value is -2.73. The fourth-order valence-electron chi connectivity index (χ4n) is 5.69. The number of carbonyl (C=O) groups excluding carboxylic acids is 1. The van der Waals surface area contributed by atoms with Gasteiger partial charge in [-0.05, 0) is 81.6 Å². The summed E-state index contributed by atoms with van der Waals surface area (Å²) in [6, 6.07) is 12.9. The van der Waals surface area contributed by atoms with Gasteiger partial charge >= 0.3 is 0 Å². The van der Waals surface area contributed by atoms with Gasteiger partial charge in [0.2, 0.25) is 5.91 Å². The molecule has 1 saturated heterocycles. The summed E-state index contributed by atoms with van der Waals surface area (Å²) in [5.74, 6) is 0.850. The van der Waals surface area contributed by atoms with Gasteiger partial charge in [-0.2, -0.15) is 0 Å². The Bertz CT molecular complexity index is 1020. The molecule has 0 spiro atoms. The maximum Gasteiger partial charge on any atom is 0.228 e. The summed E-state index contributed by atoms with van der Waals surface area (Å²) in [5.41, 5.74) is 3.28. The van der Waals surface area contributed by atoms with Gasteiger partial charge in [-0.25, -0.2) is 9.37 Å². The molecule has 2 heterocycles. The standard InChI is InChI=1S/C30H41FN4O/c1-22(2)29(36)34-28-9-6-8-27(33-28)24-14-20-35(21-15-24)19-7-18-32-23(3)30(16-4-5-17-30)25-10-12-26(31)13-11-25/h6,8-13,22,24,32H,3-5,7,14-21H2,1-2H3,(H,33,34,36). The van der Waals surface area contributed by atoms with Crippen LogP contribution in [0.15, 0.2) is 54.7 Å². The van der Waals surface area contributed by atoms with E-state index in [0.717, 1.165) is 69.7 Å². The van der Waals surface area contributed by atoms with Crippen molar-refractivity contribution in [2.24, 2.45) is 5.92 Å². The van der Waals surface area contributed by atoms with Gasteiger partial charge in [0.1, 0.15) is 11.6 Å². The normalized spacial score (nSPS) is 18.3. The molecule has 0 bridgehead atoms. The van der Waals surface area contributed by atoms with Gasteiger partial charge < -0.3 is 15.5 Å². The van der Waals surface area contributed by atoms with E-state index < -0.39 is 0 Å². The monoisotopic (exact) mass is 492 g/mol. The number of allylic oxidation sites excluding steroid dienone is 1. The van der Waals surface area contributed by atoms with Gasteiger partial charge in [-0.1, -0.05) is 51.5 Å². The van der Waals surface area contributed by atoms with E-state index in [1.54, 1.807) is 12.1 Å². The first-order valence-electron chi connectivity index (χ1n) is 13.6. The van der Waals surface area contributed by atoms with Gasteiger partial charge in [0.15, 0.2) is 0 Å². The lowest BCUT2D eigenvalue weighted by Crippen LogP contribution is -2.37. The number of carbonyl (C=O) groups is 1. The van der Waals surface area contributed by atoms with Crippen molar-refractivity contribution in [3.63, 3.8) is 0 Å². The van der Waals surface area contributed by atoms with Gasteiger partial charge in [-0.15, -0.1) is 0 Å². The second-order valence-corrected chi connectivity index (χ2v) is 10.8. The Morgan fingerprint density at radius 3 is 2.50 bits per heavy atom. The predicted molar refractivity (Wildman–Crippen MR) is 144 cm³/mol. The number of benzene rings is 1. The zero-order valence-electron chi connectivity index (χ0n) is 21.9. The molecule has 194 valence electrons. The van der Waals surface area contributed by atoms with E-state index >= 15 is 0 Å². The van der Waals surface area contributed by atoms with Crippen molar-refractivity contribution in [2.75, 3.05) is 31.5 Å². The Labute approximate surface area is 215 Å². The van der Waals surface area contributed by atoms with Crippen LogP contribution in [0.4, 0.5) is 10.2 Å². The quantitative estimate of drug-likeness (QED) is 0.400. The Kier molecular flexibility index (Phi) is 8.78. The second kappa shape index (κ2) is 12.0. The lowest BCUT2D eigenvalue weighted by molar-refractivity contribution is -0.118. The molecule has 36 heavy (non-hydrogen) atoms. The Balaban J connectivity index is 1.21.